The summed E-state index contributed by atoms with van der Waals surface area (Å²) in [7, 11) is 0. The first kappa shape index (κ1) is 15.5. The third kappa shape index (κ3) is 4.04. The molecule has 0 saturated carbocycles. The van der Waals surface area contributed by atoms with E-state index in [1.807, 2.05) is 31.4 Å². The minimum absolute atomic E-state index is 0.0812. The Morgan fingerprint density at radius 2 is 2.15 bits per heavy atom. The Bertz CT molecular complexity index is 426. The van der Waals surface area contributed by atoms with Gasteiger partial charge in [0.05, 0.1) is 19.1 Å². The predicted molar refractivity (Wildman–Crippen MR) is 79.8 cm³/mol. The molecule has 2 heterocycles. The molecule has 2 unspecified atom stereocenters. The van der Waals surface area contributed by atoms with Gasteiger partial charge in [0.25, 0.3) is 0 Å². The number of ether oxygens (including phenoxy) is 2. The van der Waals surface area contributed by atoms with Crippen molar-refractivity contribution in [2.24, 2.45) is 5.92 Å². The highest BCUT2D eigenvalue weighted by atomic mass is 32.1. The van der Waals surface area contributed by atoms with Crippen LogP contribution in [-0.2, 0) is 14.3 Å². The van der Waals surface area contributed by atoms with Gasteiger partial charge >= 0.3 is 0 Å². The highest BCUT2D eigenvalue weighted by molar-refractivity contribution is 7.10. The lowest BCUT2D eigenvalue weighted by atomic mass is 10.0. The van der Waals surface area contributed by atoms with Crippen LogP contribution in [0.25, 0.3) is 0 Å². The lowest BCUT2D eigenvalue weighted by Crippen LogP contribution is -2.35. The van der Waals surface area contributed by atoms with Crippen LogP contribution in [0.1, 0.15) is 38.0 Å². The first-order chi connectivity index (χ1) is 9.50. The standard InChI is InChI=1S/C15H23NO3S/c1-11(9-15(3)18-6-7-19-15)10-16-14(17)12(2)13-5-4-8-20-13/h4-5,8,11-12H,6-7,9-10H2,1-3H3,(H,16,17). The van der Waals surface area contributed by atoms with Gasteiger partial charge in [-0.15, -0.1) is 11.3 Å². The molecule has 0 radical (unpaired) electrons. The van der Waals surface area contributed by atoms with Gasteiger partial charge < -0.3 is 14.8 Å². The molecule has 2 atom stereocenters. The molecule has 1 saturated heterocycles. The van der Waals surface area contributed by atoms with Gasteiger partial charge in [0.15, 0.2) is 5.79 Å². The molecular weight excluding hydrogens is 274 g/mol. The number of carbonyl (C=O) groups is 1. The Hall–Kier alpha value is -0.910. The van der Waals surface area contributed by atoms with Crippen molar-refractivity contribution in [3.63, 3.8) is 0 Å². The maximum Gasteiger partial charge on any atom is 0.228 e. The molecule has 1 aliphatic heterocycles. The summed E-state index contributed by atoms with van der Waals surface area (Å²) in [6.45, 7) is 7.97. The van der Waals surface area contributed by atoms with E-state index in [9.17, 15) is 4.79 Å². The van der Waals surface area contributed by atoms with Gasteiger partial charge in [0.1, 0.15) is 0 Å². The lowest BCUT2D eigenvalue weighted by Gasteiger charge is -2.26. The van der Waals surface area contributed by atoms with Crippen molar-refractivity contribution >= 4 is 17.2 Å². The van der Waals surface area contributed by atoms with Crippen molar-refractivity contribution in [3.05, 3.63) is 22.4 Å². The van der Waals surface area contributed by atoms with E-state index in [-0.39, 0.29) is 11.8 Å². The average Bonchev–Trinajstić information content (AvgIpc) is 3.06. The zero-order chi connectivity index (χ0) is 14.6. The Morgan fingerprint density at radius 1 is 1.45 bits per heavy atom. The summed E-state index contributed by atoms with van der Waals surface area (Å²) in [5.41, 5.74) is 0. The van der Waals surface area contributed by atoms with Crippen molar-refractivity contribution in [3.8, 4) is 0 Å². The fourth-order valence-corrected chi connectivity index (χ4v) is 3.26. The molecule has 0 aliphatic carbocycles. The van der Waals surface area contributed by atoms with Crippen LogP contribution in [0.2, 0.25) is 0 Å². The number of amides is 1. The Balaban J connectivity index is 1.75. The molecule has 1 aromatic rings. The highest BCUT2D eigenvalue weighted by Gasteiger charge is 2.32. The van der Waals surface area contributed by atoms with Crippen LogP contribution >= 0.6 is 11.3 Å². The van der Waals surface area contributed by atoms with E-state index >= 15 is 0 Å². The average molecular weight is 297 g/mol. The van der Waals surface area contributed by atoms with Gasteiger partial charge in [0.2, 0.25) is 5.91 Å². The van der Waals surface area contributed by atoms with Crippen molar-refractivity contribution in [2.75, 3.05) is 19.8 Å². The van der Waals surface area contributed by atoms with E-state index in [2.05, 4.69) is 12.2 Å². The van der Waals surface area contributed by atoms with Crippen molar-refractivity contribution in [2.45, 2.75) is 38.9 Å². The van der Waals surface area contributed by atoms with Crippen molar-refractivity contribution < 1.29 is 14.3 Å². The summed E-state index contributed by atoms with van der Waals surface area (Å²) in [6.07, 6.45) is 0.792. The molecule has 2 rings (SSSR count). The SMILES string of the molecule is CC(CNC(=O)C(C)c1cccs1)CC1(C)OCCO1. The Labute approximate surface area is 124 Å². The molecule has 1 amide bonds. The molecule has 4 nitrogen and oxygen atoms in total. The van der Waals surface area contributed by atoms with E-state index in [0.717, 1.165) is 11.3 Å². The van der Waals surface area contributed by atoms with Gasteiger partial charge in [-0.05, 0) is 31.2 Å². The first-order valence-electron chi connectivity index (χ1n) is 7.09. The zero-order valence-corrected chi connectivity index (χ0v) is 13.2. The summed E-state index contributed by atoms with van der Waals surface area (Å²) in [6, 6.07) is 3.97. The zero-order valence-electron chi connectivity index (χ0n) is 12.3. The second-order valence-electron chi connectivity index (χ2n) is 5.62. The van der Waals surface area contributed by atoms with Gasteiger partial charge in [-0.1, -0.05) is 13.0 Å². The van der Waals surface area contributed by atoms with Crippen LogP contribution < -0.4 is 5.32 Å². The predicted octanol–water partition coefficient (Wildman–Crippen LogP) is 2.76. The molecule has 1 N–H and O–H groups in total. The normalized spacial score (nSPS) is 20.6. The van der Waals surface area contributed by atoms with Gasteiger partial charge in [-0.2, -0.15) is 0 Å². The molecule has 0 spiro atoms. The Kier molecular flexibility index (Phi) is 5.18. The first-order valence-corrected chi connectivity index (χ1v) is 7.97. The minimum atomic E-state index is -0.483. The monoisotopic (exact) mass is 297 g/mol. The van der Waals surface area contributed by atoms with Crippen molar-refractivity contribution in [1.82, 2.24) is 5.32 Å². The molecule has 0 bridgehead atoms. The molecule has 112 valence electrons. The van der Waals surface area contributed by atoms with Gasteiger partial charge in [0, 0.05) is 17.8 Å². The molecule has 0 aromatic carbocycles. The number of rotatable bonds is 6. The number of nitrogens with one attached hydrogen (secondary N) is 1. The van der Waals surface area contributed by atoms with E-state index in [0.29, 0.717) is 25.7 Å². The van der Waals surface area contributed by atoms with Crippen LogP contribution in [0.4, 0.5) is 0 Å². The maximum absolute atomic E-state index is 12.1. The highest BCUT2D eigenvalue weighted by Crippen LogP contribution is 2.26. The van der Waals surface area contributed by atoms with Crippen LogP contribution in [0.3, 0.4) is 0 Å². The maximum atomic E-state index is 12.1. The summed E-state index contributed by atoms with van der Waals surface area (Å²) >= 11 is 1.62. The third-order valence-electron chi connectivity index (χ3n) is 3.61. The number of hydrogen-bond donors (Lipinski definition) is 1. The fraction of sp³-hybridized carbons (Fsp3) is 0.667. The Morgan fingerprint density at radius 3 is 2.75 bits per heavy atom. The van der Waals surface area contributed by atoms with Crippen LogP contribution in [-0.4, -0.2) is 31.5 Å². The van der Waals surface area contributed by atoms with Crippen LogP contribution in [0.15, 0.2) is 17.5 Å². The van der Waals surface area contributed by atoms with Crippen LogP contribution in [0.5, 0.6) is 0 Å². The lowest BCUT2D eigenvalue weighted by molar-refractivity contribution is -0.154. The number of thiophene rings is 1. The molecule has 5 heteroatoms. The van der Waals surface area contributed by atoms with E-state index in [1.54, 1.807) is 11.3 Å². The number of carbonyl (C=O) groups excluding carboxylic acids is 1. The largest absolute Gasteiger partial charge is 0.355 e. The molecular formula is C15H23NO3S. The quantitative estimate of drug-likeness (QED) is 0.878. The summed E-state index contributed by atoms with van der Waals surface area (Å²) in [4.78, 5) is 13.2. The molecule has 1 aliphatic rings. The van der Waals surface area contributed by atoms with E-state index in [4.69, 9.17) is 9.47 Å². The van der Waals surface area contributed by atoms with E-state index in [1.165, 1.54) is 0 Å². The smallest absolute Gasteiger partial charge is 0.228 e. The van der Waals surface area contributed by atoms with Gasteiger partial charge in [-0.3, -0.25) is 4.79 Å². The second kappa shape index (κ2) is 6.70. The molecule has 1 aromatic heterocycles. The van der Waals surface area contributed by atoms with E-state index < -0.39 is 5.79 Å². The summed E-state index contributed by atoms with van der Waals surface area (Å²) < 4.78 is 11.2. The summed E-state index contributed by atoms with van der Waals surface area (Å²) in [5.74, 6) is -0.171. The summed E-state index contributed by atoms with van der Waals surface area (Å²) in [5, 5.41) is 5.02. The molecule has 1 fully saturated rings. The van der Waals surface area contributed by atoms with Crippen LogP contribution in [0, 0.1) is 5.92 Å². The second-order valence-corrected chi connectivity index (χ2v) is 6.60. The molecule has 20 heavy (non-hydrogen) atoms. The van der Waals surface area contributed by atoms with Crippen molar-refractivity contribution in [1.29, 1.82) is 0 Å². The minimum Gasteiger partial charge on any atom is -0.355 e. The van der Waals surface area contributed by atoms with Gasteiger partial charge in [-0.25, -0.2) is 0 Å². The fourth-order valence-electron chi connectivity index (χ4n) is 2.47. The number of hydrogen-bond acceptors (Lipinski definition) is 4. The topological polar surface area (TPSA) is 47.6 Å². The third-order valence-corrected chi connectivity index (χ3v) is 4.66.